The summed E-state index contributed by atoms with van der Waals surface area (Å²) in [6, 6.07) is 7.10. The molecule has 1 saturated carbocycles. The quantitative estimate of drug-likeness (QED) is 0.846. The zero-order valence-corrected chi connectivity index (χ0v) is 12.9. The molecule has 0 bridgehead atoms. The molecule has 1 unspecified atom stereocenters. The number of aliphatic hydroxyl groups is 1. The molecule has 0 radical (unpaired) electrons. The molecule has 1 aromatic carbocycles. The molecule has 112 valence electrons. The van der Waals surface area contributed by atoms with Gasteiger partial charge < -0.3 is 5.11 Å². The van der Waals surface area contributed by atoms with Crippen LogP contribution in [-0.2, 0) is 10.0 Å². The first-order valence-electron chi connectivity index (χ1n) is 7.20. The molecule has 0 aliphatic heterocycles. The van der Waals surface area contributed by atoms with Crippen LogP contribution in [0, 0.1) is 5.92 Å². The fraction of sp³-hybridized carbons (Fsp3) is 0.600. The largest absolute Gasteiger partial charge is 0.393 e. The van der Waals surface area contributed by atoms with E-state index in [1.807, 2.05) is 12.1 Å². The Balaban J connectivity index is 1.98. The molecule has 0 saturated heterocycles. The summed E-state index contributed by atoms with van der Waals surface area (Å²) >= 11 is 0. The van der Waals surface area contributed by atoms with Crippen LogP contribution in [0.1, 0.15) is 44.6 Å². The molecule has 0 amide bonds. The molecular formula is C15H23NO3S. The summed E-state index contributed by atoms with van der Waals surface area (Å²) in [5, 5.41) is 9.19. The van der Waals surface area contributed by atoms with Crippen LogP contribution >= 0.6 is 0 Å². The van der Waals surface area contributed by atoms with Gasteiger partial charge in [0.25, 0.3) is 0 Å². The maximum Gasteiger partial charge on any atom is 0.240 e. The first-order valence-corrected chi connectivity index (χ1v) is 8.68. The smallest absolute Gasteiger partial charge is 0.240 e. The van der Waals surface area contributed by atoms with Crippen LogP contribution in [0.5, 0.6) is 0 Å². The van der Waals surface area contributed by atoms with Gasteiger partial charge in [0.15, 0.2) is 0 Å². The van der Waals surface area contributed by atoms with Crippen molar-refractivity contribution in [3.05, 3.63) is 29.8 Å². The van der Waals surface area contributed by atoms with Crippen molar-refractivity contribution in [2.45, 2.75) is 50.0 Å². The van der Waals surface area contributed by atoms with Crippen LogP contribution in [0.15, 0.2) is 29.2 Å². The summed E-state index contributed by atoms with van der Waals surface area (Å²) in [6.07, 6.45) is 2.17. The van der Waals surface area contributed by atoms with Crippen LogP contribution in [0.4, 0.5) is 0 Å². The summed E-state index contributed by atoms with van der Waals surface area (Å²) < 4.78 is 26.9. The molecule has 0 aromatic heterocycles. The zero-order valence-electron chi connectivity index (χ0n) is 12.0. The van der Waals surface area contributed by atoms with E-state index in [-0.39, 0.29) is 12.0 Å². The first kappa shape index (κ1) is 15.5. The van der Waals surface area contributed by atoms with Gasteiger partial charge in [0.1, 0.15) is 0 Å². The number of benzene rings is 1. The highest BCUT2D eigenvalue weighted by molar-refractivity contribution is 7.89. The van der Waals surface area contributed by atoms with E-state index >= 15 is 0 Å². The van der Waals surface area contributed by atoms with E-state index in [9.17, 15) is 13.5 Å². The highest BCUT2D eigenvalue weighted by Gasteiger charge is 2.28. The standard InChI is InChI=1S/C15H23NO3S/c1-3-11(2)13-4-6-15(7-5-13)20(18,19)16-10-12-8-14(17)9-12/h4-7,11-12,14,16-17H,3,8-10H2,1-2H3. The Labute approximate surface area is 121 Å². The third-order valence-electron chi connectivity index (χ3n) is 4.14. The lowest BCUT2D eigenvalue weighted by molar-refractivity contribution is 0.0453. The average Bonchev–Trinajstić information content (AvgIpc) is 2.41. The Kier molecular flexibility index (Phi) is 4.83. The van der Waals surface area contributed by atoms with Gasteiger partial charge in [0.2, 0.25) is 10.0 Å². The minimum Gasteiger partial charge on any atom is -0.393 e. The lowest BCUT2D eigenvalue weighted by atomic mass is 9.83. The summed E-state index contributed by atoms with van der Waals surface area (Å²) in [5.41, 5.74) is 1.16. The molecule has 20 heavy (non-hydrogen) atoms. The number of hydrogen-bond acceptors (Lipinski definition) is 3. The van der Waals surface area contributed by atoms with E-state index in [4.69, 9.17) is 0 Å². The second kappa shape index (κ2) is 6.24. The molecular weight excluding hydrogens is 274 g/mol. The Bertz CT molecular complexity index is 533. The molecule has 0 spiro atoms. The van der Waals surface area contributed by atoms with Crippen molar-refractivity contribution in [2.75, 3.05) is 6.54 Å². The van der Waals surface area contributed by atoms with Crippen molar-refractivity contribution < 1.29 is 13.5 Å². The van der Waals surface area contributed by atoms with Gasteiger partial charge in [-0.25, -0.2) is 13.1 Å². The van der Waals surface area contributed by atoms with Crippen molar-refractivity contribution in [1.82, 2.24) is 4.72 Å². The number of rotatable bonds is 6. The Morgan fingerprint density at radius 1 is 1.30 bits per heavy atom. The molecule has 2 rings (SSSR count). The van der Waals surface area contributed by atoms with E-state index in [2.05, 4.69) is 18.6 Å². The zero-order chi connectivity index (χ0) is 14.8. The Hall–Kier alpha value is -0.910. The van der Waals surface area contributed by atoms with Gasteiger partial charge in [-0.1, -0.05) is 26.0 Å². The van der Waals surface area contributed by atoms with Gasteiger partial charge in [-0.15, -0.1) is 0 Å². The van der Waals surface area contributed by atoms with Crippen molar-refractivity contribution in [3.63, 3.8) is 0 Å². The monoisotopic (exact) mass is 297 g/mol. The number of nitrogens with one attached hydrogen (secondary N) is 1. The molecule has 1 aromatic rings. The van der Waals surface area contributed by atoms with E-state index in [1.54, 1.807) is 12.1 Å². The number of aliphatic hydroxyl groups excluding tert-OH is 1. The third-order valence-corrected chi connectivity index (χ3v) is 5.58. The molecule has 1 aliphatic carbocycles. The summed E-state index contributed by atoms with van der Waals surface area (Å²) in [6.45, 7) is 4.65. The van der Waals surface area contributed by atoms with Crippen LogP contribution in [0.25, 0.3) is 0 Å². The van der Waals surface area contributed by atoms with Gasteiger partial charge in [0.05, 0.1) is 11.0 Å². The van der Waals surface area contributed by atoms with Gasteiger partial charge in [-0.3, -0.25) is 0 Å². The van der Waals surface area contributed by atoms with Crippen LogP contribution in [0.3, 0.4) is 0 Å². The SMILES string of the molecule is CCC(C)c1ccc(S(=O)(=O)NCC2CC(O)C2)cc1. The Morgan fingerprint density at radius 3 is 2.40 bits per heavy atom. The predicted octanol–water partition coefficient (Wildman–Crippen LogP) is 2.25. The van der Waals surface area contributed by atoms with E-state index in [0.29, 0.717) is 30.2 Å². The minimum atomic E-state index is -3.43. The lowest BCUT2D eigenvalue weighted by Crippen LogP contribution is -2.38. The van der Waals surface area contributed by atoms with Crippen molar-refractivity contribution in [3.8, 4) is 0 Å². The van der Waals surface area contributed by atoms with Gasteiger partial charge >= 0.3 is 0 Å². The molecule has 5 heteroatoms. The fourth-order valence-electron chi connectivity index (χ4n) is 2.39. The maximum atomic E-state index is 12.1. The number of sulfonamides is 1. The molecule has 1 aliphatic rings. The van der Waals surface area contributed by atoms with Gasteiger partial charge in [-0.2, -0.15) is 0 Å². The summed E-state index contributed by atoms with van der Waals surface area (Å²) in [7, 11) is -3.43. The highest BCUT2D eigenvalue weighted by atomic mass is 32.2. The molecule has 4 nitrogen and oxygen atoms in total. The summed E-state index contributed by atoms with van der Waals surface area (Å²) in [5.74, 6) is 0.704. The van der Waals surface area contributed by atoms with Crippen molar-refractivity contribution in [2.24, 2.45) is 5.92 Å². The Morgan fingerprint density at radius 2 is 1.90 bits per heavy atom. The third kappa shape index (κ3) is 3.59. The van der Waals surface area contributed by atoms with E-state index in [0.717, 1.165) is 12.0 Å². The second-order valence-electron chi connectivity index (χ2n) is 5.72. The maximum absolute atomic E-state index is 12.1. The van der Waals surface area contributed by atoms with E-state index < -0.39 is 10.0 Å². The minimum absolute atomic E-state index is 0.251. The van der Waals surface area contributed by atoms with Crippen LogP contribution < -0.4 is 4.72 Å². The predicted molar refractivity (Wildman–Crippen MR) is 79.1 cm³/mol. The van der Waals surface area contributed by atoms with Crippen molar-refractivity contribution in [1.29, 1.82) is 0 Å². The molecule has 0 heterocycles. The molecule has 2 N–H and O–H groups in total. The summed E-state index contributed by atoms with van der Waals surface area (Å²) in [4.78, 5) is 0.310. The second-order valence-corrected chi connectivity index (χ2v) is 7.49. The van der Waals surface area contributed by atoms with E-state index in [1.165, 1.54) is 0 Å². The first-order chi connectivity index (χ1) is 9.42. The van der Waals surface area contributed by atoms with Crippen LogP contribution in [0.2, 0.25) is 0 Å². The van der Waals surface area contributed by atoms with Gasteiger partial charge in [-0.05, 0) is 48.8 Å². The van der Waals surface area contributed by atoms with Gasteiger partial charge in [0, 0.05) is 6.54 Å². The normalized spacial score (nSPS) is 24.1. The number of hydrogen-bond donors (Lipinski definition) is 2. The topological polar surface area (TPSA) is 66.4 Å². The van der Waals surface area contributed by atoms with Crippen LogP contribution in [-0.4, -0.2) is 26.2 Å². The van der Waals surface area contributed by atoms with Crippen molar-refractivity contribution >= 4 is 10.0 Å². The fourth-order valence-corrected chi connectivity index (χ4v) is 3.51. The molecule has 1 fully saturated rings. The molecule has 1 atom stereocenters. The highest BCUT2D eigenvalue weighted by Crippen LogP contribution is 2.27. The lowest BCUT2D eigenvalue weighted by Gasteiger charge is -2.31. The average molecular weight is 297 g/mol.